The minimum atomic E-state index is -0.512. The van der Waals surface area contributed by atoms with Crippen molar-refractivity contribution in [1.29, 1.82) is 0 Å². The van der Waals surface area contributed by atoms with Gasteiger partial charge in [-0.3, -0.25) is 4.79 Å². The second-order valence-electron chi connectivity index (χ2n) is 5.00. The zero-order valence-corrected chi connectivity index (χ0v) is 12.4. The lowest BCUT2D eigenvalue weighted by Gasteiger charge is -2.26. The molecule has 2 unspecified atom stereocenters. The number of benzene rings is 1. The fourth-order valence-corrected chi connectivity index (χ4v) is 2.89. The molecule has 0 aromatic heterocycles. The number of amides is 1. The van der Waals surface area contributed by atoms with Gasteiger partial charge in [0.05, 0.1) is 11.7 Å². The number of hydrogen-bond donors (Lipinski definition) is 1. The third-order valence-electron chi connectivity index (χ3n) is 3.41. The average molecular weight is 330 g/mol. The van der Waals surface area contributed by atoms with Crippen LogP contribution < -0.4 is 0 Å². The Morgan fingerprint density at radius 2 is 2.37 bits per heavy atom. The van der Waals surface area contributed by atoms with E-state index in [4.69, 9.17) is 0 Å². The van der Waals surface area contributed by atoms with Gasteiger partial charge in [-0.25, -0.2) is 4.39 Å². The van der Waals surface area contributed by atoms with Crippen molar-refractivity contribution >= 4 is 21.8 Å². The van der Waals surface area contributed by atoms with E-state index in [0.717, 1.165) is 12.8 Å². The Balaban J connectivity index is 2.18. The molecule has 2 atom stereocenters. The van der Waals surface area contributed by atoms with E-state index in [9.17, 15) is 14.3 Å². The molecular formula is C14H17BrFNO2. The molecule has 5 heteroatoms. The van der Waals surface area contributed by atoms with Gasteiger partial charge in [-0.05, 0) is 44.4 Å². The highest BCUT2D eigenvalue weighted by Crippen LogP contribution is 2.25. The van der Waals surface area contributed by atoms with E-state index < -0.39 is 11.9 Å². The Hall–Kier alpha value is -0.940. The lowest BCUT2D eigenvalue weighted by atomic mass is 10.1. The van der Waals surface area contributed by atoms with Crippen molar-refractivity contribution in [2.45, 2.75) is 38.3 Å². The number of hydrogen-bond acceptors (Lipinski definition) is 2. The zero-order valence-electron chi connectivity index (χ0n) is 10.8. The van der Waals surface area contributed by atoms with Crippen LogP contribution in [0.3, 0.4) is 0 Å². The van der Waals surface area contributed by atoms with Crippen molar-refractivity contribution in [2.75, 3.05) is 6.54 Å². The molecule has 1 aromatic carbocycles. The SMILES string of the molecule is CC(O)CC1CCCN1C(=O)c1ccc(Br)cc1F. The van der Waals surface area contributed by atoms with Crippen LogP contribution >= 0.6 is 15.9 Å². The van der Waals surface area contributed by atoms with Gasteiger partial charge in [-0.1, -0.05) is 15.9 Å². The van der Waals surface area contributed by atoms with Crippen molar-refractivity contribution in [2.24, 2.45) is 0 Å². The monoisotopic (exact) mass is 329 g/mol. The second kappa shape index (κ2) is 6.01. The Bertz CT molecular complexity index is 479. The van der Waals surface area contributed by atoms with Crippen LogP contribution in [0.15, 0.2) is 22.7 Å². The summed E-state index contributed by atoms with van der Waals surface area (Å²) in [6.07, 6.45) is 1.87. The number of likely N-dealkylation sites (tertiary alicyclic amines) is 1. The summed E-state index contributed by atoms with van der Waals surface area (Å²) in [5.74, 6) is -0.796. The summed E-state index contributed by atoms with van der Waals surface area (Å²) < 4.78 is 14.4. The van der Waals surface area contributed by atoms with Gasteiger partial charge in [0.1, 0.15) is 5.82 Å². The first-order valence-corrected chi connectivity index (χ1v) is 7.22. The van der Waals surface area contributed by atoms with Crippen LogP contribution in [-0.4, -0.2) is 34.6 Å². The predicted molar refractivity (Wildman–Crippen MR) is 74.5 cm³/mol. The summed E-state index contributed by atoms with van der Waals surface area (Å²) in [4.78, 5) is 14.0. The van der Waals surface area contributed by atoms with Gasteiger partial charge in [0.15, 0.2) is 0 Å². The van der Waals surface area contributed by atoms with E-state index in [1.54, 1.807) is 17.9 Å². The molecule has 1 aliphatic heterocycles. The molecule has 0 bridgehead atoms. The highest BCUT2D eigenvalue weighted by atomic mass is 79.9. The van der Waals surface area contributed by atoms with E-state index in [-0.39, 0.29) is 17.5 Å². The highest BCUT2D eigenvalue weighted by Gasteiger charge is 2.31. The number of carbonyl (C=O) groups is 1. The minimum Gasteiger partial charge on any atom is -0.393 e. The molecule has 0 spiro atoms. The minimum absolute atomic E-state index is 0.00977. The molecule has 1 aromatic rings. The first-order valence-electron chi connectivity index (χ1n) is 6.43. The number of halogens is 2. The molecule has 1 aliphatic rings. The van der Waals surface area contributed by atoms with Gasteiger partial charge in [0, 0.05) is 17.1 Å². The highest BCUT2D eigenvalue weighted by molar-refractivity contribution is 9.10. The molecule has 0 aliphatic carbocycles. The van der Waals surface area contributed by atoms with Crippen LogP contribution in [0.4, 0.5) is 4.39 Å². The van der Waals surface area contributed by atoms with Gasteiger partial charge >= 0.3 is 0 Å². The van der Waals surface area contributed by atoms with Crippen LogP contribution in [-0.2, 0) is 0 Å². The van der Waals surface area contributed by atoms with E-state index in [0.29, 0.717) is 17.4 Å². The van der Waals surface area contributed by atoms with Crippen LogP contribution in [0.2, 0.25) is 0 Å². The molecule has 0 saturated carbocycles. The zero-order chi connectivity index (χ0) is 14.0. The molecule has 2 rings (SSSR count). The molecule has 104 valence electrons. The van der Waals surface area contributed by atoms with E-state index in [1.165, 1.54) is 12.1 Å². The lowest BCUT2D eigenvalue weighted by molar-refractivity contribution is 0.0677. The van der Waals surface area contributed by atoms with Gasteiger partial charge < -0.3 is 10.0 Å². The largest absolute Gasteiger partial charge is 0.393 e. The van der Waals surface area contributed by atoms with Crippen molar-refractivity contribution < 1.29 is 14.3 Å². The molecule has 1 N–H and O–H groups in total. The number of carbonyl (C=O) groups excluding carboxylic acids is 1. The summed E-state index contributed by atoms with van der Waals surface area (Å²) in [6, 6.07) is 4.47. The maximum Gasteiger partial charge on any atom is 0.257 e. The number of aliphatic hydroxyl groups excluding tert-OH is 1. The summed E-state index contributed by atoms with van der Waals surface area (Å²) in [7, 11) is 0. The summed E-state index contributed by atoms with van der Waals surface area (Å²) in [6.45, 7) is 2.34. The summed E-state index contributed by atoms with van der Waals surface area (Å²) >= 11 is 3.18. The average Bonchev–Trinajstić information content (AvgIpc) is 2.75. The summed E-state index contributed by atoms with van der Waals surface area (Å²) in [5, 5.41) is 9.46. The molecule has 0 radical (unpaired) electrons. The number of aliphatic hydroxyl groups is 1. The normalized spacial score (nSPS) is 20.6. The molecule has 1 fully saturated rings. The van der Waals surface area contributed by atoms with Gasteiger partial charge in [0.2, 0.25) is 0 Å². The van der Waals surface area contributed by atoms with E-state index in [2.05, 4.69) is 15.9 Å². The third-order valence-corrected chi connectivity index (χ3v) is 3.91. The molecule has 19 heavy (non-hydrogen) atoms. The number of rotatable bonds is 3. The van der Waals surface area contributed by atoms with Gasteiger partial charge in [0.25, 0.3) is 5.91 Å². The first kappa shape index (κ1) is 14.5. The Morgan fingerprint density at radius 1 is 1.63 bits per heavy atom. The van der Waals surface area contributed by atoms with Crippen molar-refractivity contribution in [3.05, 3.63) is 34.1 Å². The fraction of sp³-hybridized carbons (Fsp3) is 0.500. The van der Waals surface area contributed by atoms with Crippen molar-refractivity contribution in [1.82, 2.24) is 4.90 Å². The molecule has 1 heterocycles. The quantitative estimate of drug-likeness (QED) is 0.926. The van der Waals surface area contributed by atoms with Crippen LogP contribution in [0.25, 0.3) is 0 Å². The standard InChI is InChI=1S/C14H17BrFNO2/c1-9(18)7-11-3-2-6-17(11)14(19)12-5-4-10(15)8-13(12)16/h4-5,8-9,11,18H,2-3,6-7H2,1H3. The predicted octanol–water partition coefficient (Wildman–Crippen LogP) is 2.96. The lowest BCUT2D eigenvalue weighted by Crippen LogP contribution is -2.37. The fourth-order valence-electron chi connectivity index (χ4n) is 2.56. The van der Waals surface area contributed by atoms with Gasteiger partial charge in [-0.2, -0.15) is 0 Å². The first-order chi connectivity index (χ1) is 8.99. The topological polar surface area (TPSA) is 40.5 Å². The number of nitrogens with zero attached hydrogens (tertiary/aromatic N) is 1. The van der Waals surface area contributed by atoms with Crippen LogP contribution in [0.1, 0.15) is 36.5 Å². The Kier molecular flexibility index (Phi) is 4.58. The van der Waals surface area contributed by atoms with Gasteiger partial charge in [-0.15, -0.1) is 0 Å². The maximum absolute atomic E-state index is 13.8. The molecule has 1 amide bonds. The second-order valence-corrected chi connectivity index (χ2v) is 5.92. The Morgan fingerprint density at radius 3 is 3.00 bits per heavy atom. The Labute approximate surface area is 120 Å². The third kappa shape index (κ3) is 3.34. The van der Waals surface area contributed by atoms with E-state index in [1.807, 2.05) is 0 Å². The summed E-state index contributed by atoms with van der Waals surface area (Å²) in [5.41, 5.74) is 0.0979. The molecular weight excluding hydrogens is 313 g/mol. The maximum atomic E-state index is 13.8. The van der Waals surface area contributed by atoms with E-state index >= 15 is 0 Å². The van der Waals surface area contributed by atoms with Crippen molar-refractivity contribution in [3.8, 4) is 0 Å². The molecule has 1 saturated heterocycles. The van der Waals surface area contributed by atoms with Crippen molar-refractivity contribution in [3.63, 3.8) is 0 Å². The molecule has 3 nitrogen and oxygen atoms in total. The van der Waals surface area contributed by atoms with Crippen LogP contribution in [0.5, 0.6) is 0 Å². The van der Waals surface area contributed by atoms with Crippen LogP contribution in [0, 0.1) is 5.82 Å². The smallest absolute Gasteiger partial charge is 0.257 e.